The van der Waals surface area contributed by atoms with Gasteiger partial charge in [0.25, 0.3) is 4.52 Å². The van der Waals surface area contributed by atoms with Crippen molar-refractivity contribution in [1.82, 2.24) is 0 Å². The highest BCUT2D eigenvalue weighted by Crippen LogP contribution is 2.21. The van der Waals surface area contributed by atoms with Crippen LogP contribution in [0.5, 0.6) is 0 Å². The van der Waals surface area contributed by atoms with Gasteiger partial charge in [0.2, 0.25) is 0 Å². The summed E-state index contributed by atoms with van der Waals surface area (Å²) in [4.78, 5) is 10.2. The normalized spacial score (nSPS) is 10.7. The molecule has 0 atom stereocenters. The first-order valence-electron chi connectivity index (χ1n) is 2.10. The van der Waals surface area contributed by atoms with E-state index in [1.165, 1.54) is 14.0 Å². The molecule has 54 valence electrons. The summed E-state index contributed by atoms with van der Waals surface area (Å²) >= 11 is 10.5. The second kappa shape index (κ2) is 3.13. The smallest absolute Gasteiger partial charge is 0.438 e. The highest BCUT2D eigenvalue weighted by atomic mass is 35.5. The van der Waals surface area contributed by atoms with Crippen LogP contribution in [0.2, 0.25) is 0 Å². The van der Waals surface area contributed by atoms with Crippen molar-refractivity contribution in [3.05, 3.63) is 0 Å². The van der Waals surface area contributed by atoms with Gasteiger partial charge in [0.15, 0.2) is 0 Å². The minimum absolute atomic E-state index is 0.900. The topological polar surface area (TPSA) is 35.5 Å². The molecule has 0 bridgehead atoms. The van der Waals surface area contributed by atoms with Gasteiger partial charge in [-0.25, -0.2) is 4.79 Å². The second-order valence-corrected chi connectivity index (χ2v) is 3.00. The molecule has 3 nitrogen and oxygen atoms in total. The second-order valence-electron chi connectivity index (χ2n) is 1.36. The van der Waals surface area contributed by atoms with Crippen molar-refractivity contribution in [1.29, 1.82) is 0 Å². The molecule has 0 aliphatic carbocycles. The summed E-state index contributed by atoms with van der Waals surface area (Å²) in [5, 5.41) is 0. The lowest BCUT2D eigenvalue weighted by molar-refractivity contribution is 0.0547. The fraction of sp³-hybridized carbons (Fsp3) is 0.750. The highest BCUT2D eigenvalue weighted by molar-refractivity contribution is 6.47. The van der Waals surface area contributed by atoms with Crippen LogP contribution in [-0.4, -0.2) is 17.8 Å². The molecular formula is C4H6Cl2O3. The van der Waals surface area contributed by atoms with E-state index in [4.69, 9.17) is 23.2 Å². The molecule has 0 saturated carbocycles. The average molecular weight is 173 g/mol. The molecule has 0 unspecified atom stereocenters. The Morgan fingerprint density at radius 2 is 2.00 bits per heavy atom. The Hall–Kier alpha value is -0.150. The van der Waals surface area contributed by atoms with Gasteiger partial charge in [-0.05, 0) is 0 Å². The SMILES string of the molecule is COC(=O)OC(C)(Cl)Cl. The molecule has 0 amide bonds. The van der Waals surface area contributed by atoms with Crippen LogP contribution in [0.15, 0.2) is 0 Å². The van der Waals surface area contributed by atoms with Gasteiger partial charge in [0.05, 0.1) is 7.11 Å². The molecule has 0 aromatic rings. The van der Waals surface area contributed by atoms with E-state index in [0.717, 1.165) is 0 Å². The van der Waals surface area contributed by atoms with E-state index >= 15 is 0 Å². The number of carbonyl (C=O) groups excluding carboxylic acids is 1. The maximum Gasteiger partial charge on any atom is 0.510 e. The van der Waals surface area contributed by atoms with Crippen LogP contribution in [0.4, 0.5) is 4.79 Å². The molecule has 0 aromatic heterocycles. The summed E-state index contributed by atoms with van der Waals surface area (Å²) in [5.41, 5.74) is 0. The molecule has 9 heavy (non-hydrogen) atoms. The molecule has 5 heteroatoms. The van der Waals surface area contributed by atoms with Gasteiger partial charge in [-0.1, -0.05) is 23.2 Å². The third kappa shape index (κ3) is 5.73. The van der Waals surface area contributed by atoms with Crippen molar-refractivity contribution in [3.63, 3.8) is 0 Å². The zero-order valence-electron chi connectivity index (χ0n) is 4.98. The Morgan fingerprint density at radius 1 is 1.56 bits per heavy atom. The number of hydrogen-bond donors (Lipinski definition) is 0. The first-order chi connectivity index (χ1) is 3.95. The van der Waals surface area contributed by atoms with Crippen LogP contribution < -0.4 is 0 Å². The molecule has 0 spiro atoms. The number of halogens is 2. The third-order valence-corrected chi connectivity index (χ3v) is 0.584. The standard InChI is InChI=1S/C4H6Cl2O3/c1-4(5,6)9-3(7)8-2/h1-2H3. The Bertz CT molecular complexity index is 107. The zero-order chi connectivity index (χ0) is 7.49. The largest absolute Gasteiger partial charge is 0.510 e. The van der Waals surface area contributed by atoms with Crippen LogP contribution in [0.1, 0.15) is 6.92 Å². The van der Waals surface area contributed by atoms with Gasteiger partial charge in [0.1, 0.15) is 0 Å². The number of ether oxygens (including phenoxy) is 2. The van der Waals surface area contributed by atoms with E-state index in [0.29, 0.717) is 0 Å². The van der Waals surface area contributed by atoms with Crippen molar-refractivity contribution in [2.45, 2.75) is 11.4 Å². The number of methoxy groups -OCH3 is 1. The molecule has 0 radical (unpaired) electrons. The van der Waals surface area contributed by atoms with Gasteiger partial charge in [0, 0.05) is 6.92 Å². The summed E-state index contributed by atoms with van der Waals surface area (Å²) in [6.45, 7) is 1.31. The van der Waals surface area contributed by atoms with Gasteiger partial charge < -0.3 is 9.47 Å². The lowest BCUT2D eigenvalue weighted by Crippen LogP contribution is -2.18. The van der Waals surface area contributed by atoms with Gasteiger partial charge in [-0.3, -0.25) is 0 Å². The molecule has 0 aromatic carbocycles. The molecular weight excluding hydrogens is 167 g/mol. The number of rotatable bonds is 1. The Balaban J connectivity index is 3.60. The first kappa shape index (κ1) is 8.85. The average Bonchev–Trinajstić information content (AvgIpc) is 1.62. The fourth-order valence-electron chi connectivity index (χ4n) is 0.188. The van der Waals surface area contributed by atoms with Crippen molar-refractivity contribution >= 4 is 29.4 Å². The zero-order valence-corrected chi connectivity index (χ0v) is 6.49. The van der Waals surface area contributed by atoms with Crippen LogP contribution in [-0.2, 0) is 9.47 Å². The van der Waals surface area contributed by atoms with E-state index in [9.17, 15) is 4.79 Å². The Morgan fingerprint density at radius 3 is 2.11 bits per heavy atom. The van der Waals surface area contributed by atoms with Crippen LogP contribution in [0, 0.1) is 0 Å². The molecule has 0 rings (SSSR count). The monoisotopic (exact) mass is 172 g/mol. The molecule has 0 aliphatic rings. The minimum Gasteiger partial charge on any atom is -0.438 e. The molecule has 0 fully saturated rings. The van der Waals surface area contributed by atoms with Crippen molar-refractivity contribution in [3.8, 4) is 0 Å². The predicted octanol–water partition coefficient (Wildman–Crippen LogP) is 1.92. The molecule has 0 saturated heterocycles. The maximum absolute atomic E-state index is 10.2. The predicted molar refractivity (Wildman–Crippen MR) is 33.6 cm³/mol. The van der Waals surface area contributed by atoms with E-state index in [1.807, 2.05) is 0 Å². The van der Waals surface area contributed by atoms with E-state index in [-0.39, 0.29) is 0 Å². The van der Waals surface area contributed by atoms with E-state index in [1.54, 1.807) is 0 Å². The van der Waals surface area contributed by atoms with Crippen LogP contribution in [0.25, 0.3) is 0 Å². The van der Waals surface area contributed by atoms with Crippen LogP contribution in [0.3, 0.4) is 0 Å². The summed E-state index contributed by atoms with van der Waals surface area (Å²) in [6.07, 6.45) is -0.900. The maximum atomic E-state index is 10.2. The summed E-state index contributed by atoms with van der Waals surface area (Å²) < 4.78 is 6.85. The summed E-state index contributed by atoms with van der Waals surface area (Å²) in [6, 6.07) is 0. The first-order valence-corrected chi connectivity index (χ1v) is 2.86. The van der Waals surface area contributed by atoms with Gasteiger partial charge in [-0.2, -0.15) is 0 Å². The third-order valence-electron chi connectivity index (χ3n) is 0.429. The lowest BCUT2D eigenvalue weighted by atomic mass is 10.8. The van der Waals surface area contributed by atoms with Crippen LogP contribution >= 0.6 is 23.2 Å². The van der Waals surface area contributed by atoms with Crippen molar-refractivity contribution in [2.24, 2.45) is 0 Å². The van der Waals surface area contributed by atoms with Crippen molar-refractivity contribution in [2.75, 3.05) is 7.11 Å². The highest BCUT2D eigenvalue weighted by Gasteiger charge is 2.21. The number of carbonyl (C=O) groups is 1. The van der Waals surface area contributed by atoms with Crippen molar-refractivity contribution < 1.29 is 14.3 Å². The number of hydrogen-bond acceptors (Lipinski definition) is 3. The van der Waals surface area contributed by atoms with E-state index < -0.39 is 10.7 Å². The quantitative estimate of drug-likeness (QED) is 0.448. The summed E-state index contributed by atoms with van der Waals surface area (Å²) in [5.74, 6) is 0. The molecule has 0 aliphatic heterocycles. The van der Waals surface area contributed by atoms with E-state index in [2.05, 4.69) is 9.47 Å². The molecule has 0 N–H and O–H groups in total. The summed E-state index contributed by atoms with van der Waals surface area (Å²) in [7, 11) is 1.17. The number of alkyl halides is 2. The minimum atomic E-state index is -1.51. The van der Waals surface area contributed by atoms with Gasteiger partial charge in [-0.15, -0.1) is 0 Å². The van der Waals surface area contributed by atoms with Gasteiger partial charge >= 0.3 is 6.16 Å². The molecule has 0 heterocycles. The Kier molecular flexibility index (Phi) is 3.08. The Labute approximate surface area is 62.8 Å². The fourth-order valence-corrected chi connectivity index (χ4v) is 0.314. The lowest BCUT2D eigenvalue weighted by Gasteiger charge is -2.11.